The van der Waals surface area contributed by atoms with Gasteiger partial charge in [-0.3, -0.25) is 4.79 Å². The van der Waals surface area contributed by atoms with Gasteiger partial charge >= 0.3 is 0 Å². The Bertz CT molecular complexity index is 1080. The zero-order chi connectivity index (χ0) is 23.8. The first-order valence-electron chi connectivity index (χ1n) is 12.3. The highest BCUT2D eigenvalue weighted by atomic mass is 16.5. The van der Waals surface area contributed by atoms with Gasteiger partial charge in [-0.1, -0.05) is 37.8 Å². The van der Waals surface area contributed by atoms with Crippen molar-refractivity contribution >= 4 is 11.6 Å². The first-order valence-corrected chi connectivity index (χ1v) is 12.3. The second kappa shape index (κ2) is 11.7. The average Bonchev–Trinajstić information content (AvgIpc) is 3.31. The van der Waals surface area contributed by atoms with Crippen LogP contribution in [0.1, 0.15) is 57.2 Å². The number of hydrogen-bond donors (Lipinski definition) is 0. The highest BCUT2D eigenvalue weighted by Crippen LogP contribution is 2.31. The predicted octanol–water partition coefficient (Wildman–Crippen LogP) is 4.61. The van der Waals surface area contributed by atoms with E-state index in [0.717, 1.165) is 80.6 Å². The largest absolute Gasteiger partial charge is 0.481 e. The highest BCUT2D eigenvalue weighted by molar-refractivity contribution is 5.95. The summed E-state index contributed by atoms with van der Waals surface area (Å²) < 4.78 is 7.01. The van der Waals surface area contributed by atoms with Crippen molar-refractivity contribution in [3.05, 3.63) is 48.4 Å². The average molecular weight is 463 g/mol. The van der Waals surface area contributed by atoms with Gasteiger partial charge in [-0.15, -0.1) is 5.10 Å². The van der Waals surface area contributed by atoms with Crippen molar-refractivity contribution in [2.75, 3.05) is 18.6 Å². The van der Waals surface area contributed by atoms with Crippen molar-refractivity contribution in [2.45, 2.75) is 57.8 Å². The van der Waals surface area contributed by atoms with Crippen LogP contribution in [-0.2, 0) is 18.3 Å². The van der Waals surface area contributed by atoms with Crippen LogP contribution in [0.5, 0.6) is 5.88 Å². The Morgan fingerprint density at radius 1 is 1.09 bits per heavy atom. The molecule has 1 aliphatic carbocycles. The normalized spacial score (nSPS) is 14.2. The molecule has 8 nitrogen and oxygen atoms in total. The molecule has 0 N–H and O–H groups in total. The monoisotopic (exact) mass is 462 g/mol. The minimum Gasteiger partial charge on any atom is -0.481 e. The van der Waals surface area contributed by atoms with Crippen LogP contribution in [0.25, 0.3) is 11.1 Å². The molecular formula is C26H34N6O2. The smallest absolute Gasteiger partial charge is 0.230 e. The summed E-state index contributed by atoms with van der Waals surface area (Å²) in [6.45, 7) is 0.718. The number of ether oxygens (including phenoxy) is 1. The van der Waals surface area contributed by atoms with Crippen LogP contribution in [0.15, 0.2) is 42.6 Å². The van der Waals surface area contributed by atoms with Gasteiger partial charge in [0.1, 0.15) is 0 Å². The van der Waals surface area contributed by atoms with Crippen molar-refractivity contribution in [2.24, 2.45) is 13.0 Å². The number of carbonyl (C=O) groups is 1. The van der Waals surface area contributed by atoms with E-state index in [0.29, 0.717) is 5.88 Å². The fourth-order valence-corrected chi connectivity index (χ4v) is 4.68. The third-order valence-electron chi connectivity index (χ3n) is 6.65. The number of aromatic nitrogens is 5. The summed E-state index contributed by atoms with van der Waals surface area (Å²) in [5.74, 6) is 1.87. The number of pyridine rings is 1. The van der Waals surface area contributed by atoms with Crippen LogP contribution >= 0.6 is 0 Å². The van der Waals surface area contributed by atoms with Crippen molar-refractivity contribution in [3.63, 3.8) is 0 Å². The number of unbranched alkanes of at least 4 members (excludes halogenated alkanes) is 2. The summed E-state index contributed by atoms with van der Waals surface area (Å²) in [6.07, 6.45) is 11.1. The van der Waals surface area contributed by atoms with Crippen LogP contribution in [0.2, 0.25) is 0 Å². The number of benzene rings is 1. The molecule has 1 saturated carbocycles. The van der Waals surface area contributed by atoms with Gasteiger partial charge in [-0.2, -0.15) is 0 Å². The number of tetrazole rings is 1. The van der Waals surface area contributed by atoms with Crippen LogP contribution in [0.4, 0.5) is 5.69 Å². The molecule has 1 amide bonds. The summed E-state index contributed by atoms with van der Waals surface area (Å²) in [4.78, 5) is 19.8. The van der Waals surface area contributed by atoms with E-state index < -0.39 is 0 Å². The molecule has 8 heteroatoms. The second-order valence-electron chi connectivity index (χ2n) is 8.99. The van der Waals surface area contributed by atoms with Gasteiger partial charge in [0.2, 0.25) is 11.8 Å². The third kappa shape index (κ3) is 5.98. The maximum absolute atomic E-state index is 13.6. The fourth-order valence-electron chi connectivity index (χ4n) is 4.68. The highest BCUT2D eigenvalue weighted by Gasteiger charge is 2.27. The summed E-state index contributed by atoms with van der Waals surface area (Å²) in [5, 5.41) is 11.7. The van der Waals surface area contributed by atoms with Gasteiger partial charge in [-0.05, 0) is 65.4 Å². The zero-order valence-corrected chi connectivity index (χ0v) is 20.2. The van der Waals surface area contributed by atoms with Crippen LogP contribution < -0.4 is 9.64 Å². The molecule has 0 unspecified atom stereocenters. The SMILES string of the molecule is COc1cc(-c2cccc(N(CCCCCc3nnnn3C)C(=O)C3CCCCC3)c2)ccn1. The maximum atomic E-state index is 13.6. The van der Waals surface area contributed by atoms with E-state index in [9.17, 15) is 4.79 Å². The number of hydrogen-bond acceptors (Lipinski definition) is 6. The van der Waals surface area contributed by atoms with E-state index in [1.54, 1.807) is 18.0 Å². The number of amides is 1. The molecule has 0 saturated heterocycles. The van der Waals surface area contributed by atoms with Gasteiger partial charge in [0, 0.05) is 43.9 Å². The Morgan fingerprint density at radius 3 is 2.68 bits per heavy atom. The molecule has 3 aromatic rings. The molecule has 1 fully saturated rings. The lowest BCUT2D eigenvalue weighted by atomic mass is 9.88. The lowest BCUT2D eigenvalue weighted by molar-refractivity contribution is -0.123. The first kappa shape index (κ1) is 23.9. The van der Waals surface area contributed by atoms with E-state index in [-0.39, 0.29) is 11.8 Å². The Kier molecular flexibility index (Phi) is 8.22. The number of anilines is 1. The molecule has 0 atom stereocenters. The molecule has 1 aromatic carbocycles. The molecule has 34 heavy (non-hydrogen) atoms. The third-order valence-corrected chi connectivity index (χ3v) is 6.65. The van der Waals surface area contributed by atoms with Crippen molar-refractivity contribution < 1.29 is 9.53 Å². The molecule has 2 aromatic heterocycles. The molecule has 0 aliphatic heterocycles. The lowest BCUT2D eigenvalue weighted by Crippen LogP contribution is -2.38. The van der Waals surface area contributed by atoms with Gasteiger partial charge in [0.25, 0.3) is 0 Å². The van der Waals surface area contributed by atoms with Crippen molar-refractivity contribution in [1.82, 2.24) is 25.2 Å². The van der Waals surface area contributed by atoms with E-state index in [2.05, 4.69) is 32.6 Å². The first-order chi connectivity index (χ1) is 16.7. The van der Waals surface area contributed by atoms with Gasteiger partial charge in [-0.25, -0.2) is 9.67 Å². The number of methoxy groups -OCH3 is 1. The fraction of sp³-hybridized carbons (Fsp3) is 0.500. The molecule has 180 valence electrons. The van der Waals surface area contributed by atoms with Crippen LogP contribution in [-0.4, -0.2) is 44.8 Å². The standard InChI is InChI=1S/C26H34N6O2/c1-31-24(28-29-30-31)14-7-4-8-17-32(26(33)20-10-5-3-6-11-20)23-13-9-12-21(18-23)22-15-16-27-25(19-22)34-2/h9,12-13,15-16,18-20H,3-8,10-11,14,17H2,1-2H3. The summed E-state index contributed by atoms with van der Waals surface area (Å²) >= 11 is 0. The molecule has 1 aliphatic rings. The Labute approximate surface area is 201 Å². The molecule has 0 bridgehead atoms. The summed E-state index contributed by atoms with van der Waals surface area (Å²) in [6, 6.07) is 12.1. The van der Waals surface area contributed by atoms with Crippen LogP contribution in [0.3, 0.4) is 0 Å². The van der Waals surface area contributed by atoms with Gasteiger partial charge in [0.05, 0.1) is 7.11 Å². The zero-order valence-electron chi connectivity index (χ0n) is 20.2. The van der Waals surface area contributed by atoms with E-state index >= 15 is 0 Å². The Morgan fingerprint density at radius 2 is 1.91 bits per heavy atom. The Hall–Kier alpha value is -3.29. The van der Waals surface area contributed by atoms with Crippen molar-refractivity contribution in [3.8, 4) is 17.0 Å². The van der Waals surface area contributed by atoms with E-state index in [1.807, 2.05) is 36.2 Å². The van der Waals surface area contributed by atoms with Gasteiger partial charge in [0.15, 0.2) is 5.82 Å². The second-order valence-corrected chi connectivity index (χ2v) is 8.99. The van der Waals surface area contributed by atoms with E-state index in [1.165, 1.54) is 6.42 Å². The molecule has 0 spiro atoms. The quantitative estimate of drug-likeness (QED) is 0.409. The number of nitrogens with zero attached hydrogens (tertiary/aromatic N) is 6. The topological polar surface area (TPSA) is 86.0 Å². The maximum Gasteiger partial charge on any atom is 0.230 e. The number of carbonyl (C=O) groups excluding carboxylic acids is 1. The minimum absolute atomic E-state index is 0.128. The minimum atomic E-state index is 0.128. The number of rotatable bonds is 10. The number of aryl methyl sites for hydroxylation is 2. The summed E-state index contributed by atoms with van der Waals surface area (Å²) in [7, 11) is 3.49. The summed E-state index contributed by atoms with van der Waals surface area (Å²) in [5.41, 5.74) is 3.03. The lowest BCUT2D eigenvalue weighted by Gasteiger charge is -2.30. The van der Waals surface area contributed by atoms with Gasteiger partial charge < -0.3 is 9.64 Å². The Balaban J connectivity index is 1.48. The van der Waals surface area contributed by atoms with Crippen molar-refractivity contribution in [1.29, 1.82) is 0 Å². The molecule has 0 radical (unpaired) electrons. The predicted molar refractivity (Wildman–Crippen MR) is 132 cm³/mol. The molecule has 4 rings (SSSR count). The molecule has 2 heterocycles. The van der Waals surface area contributed by atoms with Crippen LogP contribution in [0, 0.1) is 5.92 Å². The van der Waals surface area contributed by atoms with E-state index in [4.69, 9.17) is 4.74 Å². The molecular weight excluding hydrogens is 428 g/mol.